The first-order valence-corrected chi connectivity index (χ1v) is 7.59. The molecule has 2 aliphatic rings. The first-order chi connectivity index (χ1) is 9.20. The molecule has 0 heterocycles. The zero-order chi connectivity index (χ0) is 13.3. The molecule has 0 radical (unpaired) electrons. The number of ether oxygens (including phenoxy) is 1. The molecule has 2 nitrogen and oxygen atoms in total. The van der Waals surface area contributed by atoms with E-state index in [0.29, 0.717) is 5.92 Å². The van der Waals surface area contributed by atoms with Crippen LogP contribution in [0.4, 0.5) is 0 Å². The minimum atomic E-state index is -0.446. The molecule has 2 aliphatic carbocycles. The van der Waals surface area contributed by atoms with Crippen LogP contribution in [0.1, 0.15) is 62.0 Å². The maximum Gasteiger partial charge on any atom is 0.122 e. The fourth-order valence-corrected chi connectivity index (χ4v) is 3.30. The zero-order valence-electron chi connectivity index (χ0n) is 11.8. The maximum atomic E-state index is 10.1. The van der Waals surface area contributed by atoms with E-state index in [9.17, 15) is 5.11 Å². The Morgan fingerprint density at radius 3 is 2.58 bits per heavy atom. The molecule has 0 bridgehead atoms. The molecule has 1 aromatic rings. The topological polar surface area (TPSA) is 29.5 Å². The predicted octanol–water partition coefficient (Wildman–Crippen LogP) is 3.81. The van der Waals surface area contributed by atoms with E-state index in [0.717, 1.165) is 25.0 Å². The molecule has 0 aromatic heterocycles. The molecule has 0 spiro atoms. The van der Waals surface area contributed by atoms with Gasteiger partial charge in [-0.2, -0.15) is 0 Å². The number of benzene rings is 1. The Labute approximate surface area is 115 Å². The van der Waals surface area contributed by atoms with Gasteiger partial charge in [0.25, 0.3) is 0 Å². The number of methoxy groups -OCH3 is 1. The van der Waals surface area contributed by atoms with Crippen LogP contribution in [-0.4, -0.2) is 17.8 Å². The van der Waals surface area contributed by atoms with Crippen molar-refractivity contribution in [3.63, 3.8) is 0 Å². The van der Waals surface area contributed by atoms with Crippen molar-refractivity contribution in [2.75, 3.05) is 7.11 Å². The molecular weight excluding hydrogens is 236 g/mol. The van der Waals surface area contributed by atoms with E-state index in [1.807, 2.05) is 0 Å². The molecule has 3 rings (SSSR count). The summed E-state index contributed by atoms with van der Waals surface area (Å²) in [6.45, 7) is 0. The van der Waals surface area contributed by atoms with Crippen molar-refractivity contribution < 1.29 is 9.84 Å². The summed E-state index contributed by atoms with van der Waals surface area (Å²) in [6, 6.07) is 6.59. The third kappa shape index (κ3) is 2.94. The van der Waals surface area contributed by atoms with Crippen molar-refractivity contribution in [1.29, 1.82) is 0 Å². The molecule has 19 heavy (non-hydrogen) atoms. The minimum Gasteiger partial charge on any atom is -0.496 e. The van der Waals surface area contributed by atoms with Gasteiger partial charge in [0, 0.05) is 6.42 Å². The average Bonchev–Trinajstić information content (AvgIpc) is 3.17. The van der Waals surface area contributed by atoms with Gasteiger partial charge in [0.2, 0.25) is 0 Å². The monoisotopic (exact) mass is 260 g/mol. The summed E-state index contributed by atoms with van der Waals surface area (Å²) in [5.74, 6) is 1.65. The third-order valence-corrected chi connectivity index (χ3v) is 4.73. The minimum absolute atomic E-state index is 0.446. The Kier molecular flexibility index (Phi) is 3.53. The summed E-state index contributed by atoms with van der Waals surface area (Å²) in [5.41, 5.74) is 2.18. The normalized spacial score (nSPS) is 22.2. The van der Waals surface area contributed by atoms with Crippen LogP contribution in [-0.2, 0) is 6.42 Å². The van der Waals surface area contributed by atoms with Crippen LogP contribution in [0, 0.1) is 0 Å². The van der Waals surface area contributed by atoms with Crippen LogP contribution < -0.4 is 4.74 Å². The van der Waals surface area contributed by atoms with Crippen molar-refractivity contribution in [2.45, 2.75) is 62.9 Å². The zero-order valence-corrected chi connectivity index (χ0v) is 11.8. The second-order valence-electron chi connectivity index (χ2n) is 6.31. The van der Waals surface area contributed by atoms with Crippen LogP contribution in [0.2, 0.25) is 0 Å². The van der Waals surface area contributed by atoms with Gasteiger partial charge in [0.15, 0.2) is 0 Å². The van der Waals surface area contributed by atoms with Gasteiger partial charge in [-0.25, -0.2) is 0 Å². The molecule has 2 saturated carbocycles. The van der Waals surface area contributed by atoms with Crippen molar-refractivity contribution in [3.8, 4) is 5.75 Å². The summed E-state index contributed by atoms with van der Waals surface area (Å²) in [6.07, 6.45) is 9.35. The van der Waals surface area contributed by atoms with Crippen LogP contribution in [0.3, 0.4) is 0 Å². The Balaban J connectivity index is 1.83. The van der Waals surface area contributed by atoms with Gasteiger partial charge in [-0.3, -0.25) is 0 Å². The average molecular weight is 260 g/mol. The Hall–Kier alpha value is -1.02. The van der Waals surface area contributed by atoms with Gasteiger partial charge >= 0.3 is 0 Å². The molecular formula is C17H24O2. The summed E-state index contributed by atoms with van der Waals surface area (Å²) in [4.78, 5) is 0. The number of hydrogen-bond donors (Lipinski definition) is 1. The van der Waals surface area contributed by atoms with E-state index in [1.54, 1.807) is 7.11 Å². The maximum absolute atomic E-state index is 10.1. The van der Waals surface area contributed by atoms with Crippen LogP contribution >= 0.6 is 0 Å². The van der Waals surface area contributed by atoms with Gasteiger partial charge in [-0.1, -0.05) is 31.4 Å². The van der Waals surface area contributed by atoms with Gasteiger partial charge in [0.1, 0.15) is 5.75 Å². The van der Waals surface area contributed by atoms with E-state index < -0.39 is 5.60 Å². The molecule has 2 fully saturated rings. The van der Waals surface area contributed by atoms with Crippen molar-refractivity contribution >= 4 is 0 Å². The van der Waals surface area contributed by atoms with Crippen LogP contribution in [0.5, 0.6) is 5.75 Å². The molecule has 0 amide bonds. The molecule has 2 heteroatoms. The fraction of sp³-hybridized carbons (Fsp3) is 0.647. The molecule has 0 atom stereocenters. The highest BCUT2D eigenvalue weighted by Gasteiger charge is 2.40. The Bertz CT molecular complexity index is 443. The SMILES string of the molecule is COc1ccc(C2CCCCC2)cc1CC1(O)CC1. The standard InChI is InChI=1S/C17H24O2/c1-19-16-8-7-14(13-5-3-2-4-6-13)11-15(16)12-17(18)9-10-17/h7-8,11,13,18H,2-6,9-10,12H2,1H3. The lowest BCUT2D eigenvalue weighted by Gasteiger charge is -2.23. The third-order valence-electron chi connectivity index (χ3n) is 4.73. The molecule has 0 unspecified atom stereocenters. The Morgan fingerprint density at radius 2 is 1.95 bits per heavy atom. The summed E-state index contributed by atoms with van der Waals surface area (Å²) < 4.78 is 5.45. The number of aliphatic hydroxyl groups is 1. The van der Waals surface area contributed by atoms with E-state index in [4.69, 9.17) is 4.74 Å². The largest absolute Gasteiger partial charge is 0.496 e. The van der Waals surface area contributed by atoms with E-state index in [1.165, 1.54) is 43.2 Å². The summed E-state index contributed by atoms with van der Waals surface area (Å²) in [5, 5.41) is 10.1. The van der Waals surface area contributed by atoms with Gasteiger partial charge in [-0.05, 0) is 48.8 Å². The fourth-order valence-electron chi connectivity index (χ4n) is 3.30. The molecule has 0 aliphatic heterocycles. The summed E-state index contributed by atoms with van der Waals surface area (Å²) >= 11 is 0. The Morgan fingerprint density at radius 1 is 1.21 bits per heavy atom. The molecule has 104 valence electrons. The highest BCUT2D eigenvalue weighted by molar-refractivity contribution is 5.40. The highest BCUT2D eigenvalue weighted by Crippen LogP contribution is 2.41. The van der Waals surface area contributed by atoms with Gasteiger partial charge in [0.05, 0.1) is 12.7 Å². The second-order valence-corrected chi connectivity index (χ2v) is 6.31. The highest BCUT2D eigenvalue weighted by atomic mass is 16.5. The second kappa shape index (κ2) is 5.16. The van der Waals surface area contributed by atoms with E-state index in [2.05, 4.69) is 18.2 Å². The van der Waals surface area contributed by atoms with Gasteiger partial charge in [-0.15, -0.1) is 0 Å². The van der Waals surface area contributed by atoms with Crippen molar-refractivity contribution in [1.82, 2.24) is 0 Å². The number of rotatable bonds is 4. The quantitative estimate of drug-likeness (QED) is 0.892. The van der Waals surface area contributed by atoms with Crippen LogP contribution in [0.15, 0.2) is 18.2 Å². The van der Waals surface area contributed by atoms with Crippen molar-refractivity contribution in [3.05, 3.63) is 29.3 Å². The molecule has 1 aromatic carbocycles. The lowest BCUT2D eigenvalue weighted by molar-refractivity contribution is 0.150. The first kappa shape index (κ1) is 13.0. The molecule has 1 N–H and O–H groups in total. The lowest BCUT2D eigenvalue weighted by Crippen LogP contribution is -2.12. The van der Waals surface area contributed by atoms with Crippen LogP contribution in [0.25, 0.3) is 0 Å². The summed E-state index contributed by atoms with van der Waals surface area (Å²) in [7, 11) is 1.72. The van der Waals surface area contributed by atoms with Crippen molar-refractivity contribution in [2.24, 2.45) is 0 Å². The lowest BCUT2D eigenvalue weighted by atomic mass is 9.83. The molecule has 0 saturated heterocycles. The van der Waals surface area contributed by atoms with E-state index in [-0.39, 0.29) is 0 Å². The van der Waals surface area contributed by atoms with Gasteiger partial charge < -0.3 is 9.84 Å². The first-order valence-electron chi connectivity index (χ1n) is 7.59. The number of hydrogen-bond acceptors (Lipinski definition) is 2. The van der Waals surface area contributed by atoms with E-state index >= 15 is 0 Å². The predicted molar refractivity (Wildman–Crippen MR) is 76.7 cm³/mol. The smallest absolute Gasteiger partial charge is 0.122 e.